The summed E-state index contributed by atoms with van der Waals surface area (Å²) in [4.78, 5) is 41.3. The number of aryl methyl sites for hydroxylation is 2. The molecule has 158 valence electrons. The van der Waals surface area contributed by atoms with Crippen LogP contribution in [0.3, 0.4) is 0 Å². The van der Waals surface area contributed by atoms with Gasteiger partial charge in [0, 0.05) is 44.7 Å². The minimum atomic E-state index is -0.0820. The summed E-state index contributed by atoms with van der Waals surface area (Å²) in [5.74, 6) is 0.717. The number of amides is 3. The van der Waals surface area contributed by atoms with Gasteiger partial charge in [0.1, 0.15) is 6.54 Å². The highest BCUT2D eigenvalue weighted by atomic mass is 16.2. The fourth-order valence-electron chi connectivity index (χ4n) is 5.55. The maximum Gasteiger partial charge on any atom is 0.244 e. The molecule has 3 fully saturated rings. The molecule has 3 aliphatic rings. The highest BCUT2D eigenvalue weighted by molar-refractivity contribution is 5.79. The van der Waals surface area contributed by atoms with Gasteiger partial charge >= 0.3 is 0 Å². The Kier molecular flexibility index (Phi) is 5.36. The Morgan fingerprint density at radius 1 is 1.24 bits per heavy atom. The normalized spacial score (nSPS) is 28.9. The minimum absolute atomic E-state index is 0.0303. The van der Waals surface area contributed by atoms with E-state index in [4.69, 9.17) is 0 Å². The predicted octanol–water partition coefficient (Wildman–Crippen LogP) is 0.864. The molecule has 0 saturated carbocycles. The van der Waals surface area contributed by atoms with Crippen molar-refractivity contribution in [1.82, 2.24) is 24.9 Å². The number of rotatable bonds is 4. The van der Waals surface area contributed by atoms with Gasteiger partial charge in [-0.2, -0.15) is 5.10 Å². The number of carbonyl (C=O) groups excluding carboxylic acids is 3. The quantitative estimate of drug-likeness (QED) is 0.811. The number of piperidine rings is 3. The first-order chi connectivity index (χ1) is 13.8. The van der Waals surface area contributed by atoms with E-state index >= 15 is 0 Å². The Balaban J connectivity index is 1.53. The van der Waals surface area contributed by atoms with Crippen molar-refractivity contribution in [3.8, 4) is 0 Å². The van der Waals surface area contributed by atoms with Crippen LogP contribution in [0.25, 0.3) is 0 Å². The molecule has 4 rings (SSSR count). The fraction of sp³-hybridized carbons (Fsp3) is 0.714. The molecular formula is C21H31N5O3. The summed E-state index contributed by atoms with van der Waals surface area (Å²) in [6.45, 7) is 7.46. The molecule has 4 heterocycles. The zero-order chi connectivity index (χ0) is 20.7. The molecule has 0 spiro atoms. The Hall–Kier alpha value is -2.38. The number of likely N-dealkylation sites (tertiary alicyclic amines) is 1. The molecule has 0 unspecified atom stereocenters. The Morgan fingerprint density at radius 3 is 2.69 bits per heavy atom. The van der Waals surface area contributed by atoms with Crippen molar-refractivity contribution < 1.29 is 14.4 Å². The van der Waals surface area contributed by atoms with E-state index in [2.05, 4.69) is 15.3 Å². The molecule has 1 aromatic rings. The third kappa shape index (κ3) is 3.89. The van der Waals surface area contributed by atoms with Gasteiger partial charge in [0.25, 0.3) is 0 Å². The van der Waals surface area contributed by atoms with Gasteiger partial charge in [-0.3, -0.25) is 19.1 Å². The number of fused-ring (bicyclic) bond motifs is 4. The molecule has 8 nitrogen and oxygen atoms in total. The molecule has 0 radical (unpaired) electrons. The third-order valence-corrected chi connectivity index (χ3v) is 6.80. The molecule has 1 aromatic heterocycles. The van der Waals surface area contributed by atoms with Gasteiger partial charge in [-0.25, -0.2) is 0 Å². The van der Waals surface area contributed by atoms with E-state index in [1.807, 2.05) is 24.8 Å². The van der Waals surface area contributed by atoms with E-state index in [0.717, 1.165) is 30.7 Å². The van der Waals surface area contributed by atoms with Crippen molar-refractivity contribution in [2.75, 3.05) is 19.6 Å². The van der Waals surface area contributed by atoms with Crippen LogP contribution in [0.1, 0.15) is 44.0 Å². The average molecular weight is 402 g/mol. The Labute approximate surface area is 171 Å². The summed E-state index contributed by atoms with van der Waals surface area (Å²) >= 11 is 0. The van der Waals surface area contributed by atoms with E-state index in [1.54, 1.807) is 4.68 Å². The number of aromatic nitrogens is 2. The minimum Gasteiger partial charge on any atom is -0.354 e. The van der Waals surface area contributed by atoms with Gasteiger partial charge in [-0.1, -0.05) is 0 Å². The smallest absolute Gasteiger partial charge is 0.244 e. The number of nitrogens with one attached hydrogen (secondary N) is 1. The number of nitrogens with zero attached hydrogens (tertiary/aromatic N) is 4. The fourth-order valence-corrected chi connectivity index (χ4v) is 5.55. The average Bonchev–Trinajstić information content (AvgIpc) is 2.98. The van der Waals surface area contributed by atoms with E-state index in [-0.39, 0.29) is 42.3 Å². The van der Waals surface area contributed by atoms with Crippen LogP contribution >= 0.6 is 0 Å². The summed E-state index contributed by atoms with van der Waals surface area (Å²) in [6, 6.07) is 2.13. The SMILES string of the molecule is CC(=O)NC[C@H]1[C@H]2C[C@H](CN(C(=O)Cn3nc(C)cc3C)C2)[C@@H]2CCCC(=O)N21. The molecule has 0 aliphatic carbocycles. The van der Waals surface area contributed by atoms with Gasteiger partial charge in [-0.05, 0) is 51.0 Å². The molecule has 29 heavy (non-hydrogen) atoms. The second-order valence-electron chi connectivity index (χ2n) is 8.90. The van der Waals surface area contributed by atoms with Crippen LogP contribution in [0, 0.1) is 25.7 Å². The summed E-state index contributed by atoms with van der Waals surface area (Å²) in [5, 5.41) is 7.34. The lowest BCUT2D eigenvalue weighted by molar-refractivity contribution is -0.156. The highest BCUT2D eigenvalue weighted by Gasteiger charge is 2.49. The van der Waals surface area contributed by atoms with Crippen LogP contribution in [0.2, 0.25) is 0 Å². The first-order valence-corrected chi connectivity index (χ1v) is 10.7. The predicted molar refractivity (Wildman–Crippen MR) is 107 cm³/mol. The monoisotopic (exact) mass is 401 g/mol. The van der Waals surface area contributed by atoms with Crippen molar-refractivity contribution in [3.63, 3.8) is 0 Å². The topological polar surface area (TPSA) is 87.5 Å². The van der Waals surface area contributed by atoms with Crippen LogP contribution in [-0.4, -0.2) is 69.0 Å². The van der Waals surface area contributed by atoms with E-state index in [9.17, 15) is 14.4 Å². The zero-order valence-electron chi connectivity index (χ0n) is 17.6. The molecule has 3 aliphatic heterocycles. The first-order valence-electron chi connectivity index (χ1n) is 10.7. The molecule has 1 N–H and O–H groups in total. The molecule has 0 aromatic carbocycles. The molecule has 3 saturated heterocycles. The maximum absolute atomic E-state index is 13.1. The van der Waals surface area contributed by atoms with Crippen molar-refractivity contribution in [1.29, 1.82) is 0 Å². The summed E-state index contributed by atoms with van der Waals surface area (Å²) in [7, 11) is 0. The molecule has 8 heteroatoms. The summed E-state index contributed by atoms with van der Waals surface area (Å²) in [6.07, 6.45) is 3.50. The van der Waals surface area contributed by atoms with Gasteiger partial charge in [-0.15, -0.1) is 0 Å². The van der Waals surface area contributed by atoms with Gasteiger partial charge in [0.2, 0.25) is 17.7 Å². The zero-order valence-corrected chi connectivity index (χ0v) is 17.6. The van der Waals surface area contributed by atoms with Crippen LogP contribution in [0.5, 0.6) is 0 Å². The first kappa shape index (κ1) is 19.9. The highest BCUT2D eigenvalue weighted by Crippen LogP contribution is 2.41. The van der Waals surface area contributed by atoms with Crippen LogP contribution < -0.4 is 5.32 Å². The van der Waals surface area contributed by atoms with Crippen molar-refractivity contribution in [2.45, 2.75) is 65.1 Å². The van der Waals surface area contributed by atoms with E-state index < -0.39 is 0 Å². The van der Waals surface area contributed by atoms with Crippen LogP contribution in [0.4, 0.5) is 0 Å². The number of hydrogen-bond donors (Lipinski definition) is 1. The Bertz CT molecular complexity index is 819. The lowest BCUT2D eigenvalue weighted by atomic mass is 9.72. The molecule has 4 atom stereocenters. The standard InChI is InChI=1S/C21H31N5O3/c1-13-7-14(2)25(23-13)12-21(29)24-10-16-8-17(11-24)19(9-22-15(3)27)26-18(16)5-4-6-20(26)28/h7,16-19H,4-6,8-12H2,1-3H3,(H,22,27)/t16-,17+,18+,19+/m1/s1. The van der Waals surface area contributed by atoms with E-state index in [1.165, 1.54) is 6.92 Å². The maximum atomic E-state index is 13.1. The largest absolute Gasteiger partial charge is 0.354 e. The van der Waals surface area contributed by atoms with Crippen molar-refractivity contribution in [2.24, 2.45) is 11.8 Å². The van der Waals surface area contributed by atoms with E-state index in [0.29, 0.717) is 32.0 Å². The van der Waals surface area contributed by atoms with Gasteiger partial charge in [0.05, 0.1) is 11.7 Å². The number of hydrogen-bond acceptors (Lipinski definition) is 4. The van der Waals surface area contributed by atoms with Gasteiger partial charge in [0.15, 0.2) is 0 Å². The lowest BCUT2D eigenvalue weighted by Crippen LogP contribution is -2.67. The molecular weight excluding hydrogens is 370 g/mol. The molecule has 3 amide bonds. The van der Waals surface area contributed by atoms with Crippen LogP contribution in [0.15, 0.2) is 6.07 Å². The second kappa shape index (κ2) is 7.80. The van der Waals surface area contributed by atoms with Crippen molar-refractivity contribution in [3.05, 3.63) is 17.5 Å². The third-order valence-electron chi connectivity index (χ3n) is 6.80. The van der Waals surface area contributed by atoms with Crippen LogP contribution in [-0.2, 0) is 20.9 Å². The Morgan fingerprint density at radius 2 is 2.00 bits per heavy atom. The number of carbonyl (C=O) groups is 3. The second-order valence-corrected chi connectivity index (χ2v) is 8.90. The van der Waals surface area contributed by atoms with Gasteiger partial charge < -0.3 is 15.1 Å². The summed E-state index contributed by atoms with van der Waals surface area (Å²) < 4.78 is 1.77. The lowest BCUT2D eigenvalue weighted by Gasteiger charge is -2.56. The molecule has 2 bridgehead atoms. The van der Waals surface area contributed by atoms with Crippen molar-refractivity contribution >= 4 is 17.7 Å². The summed E-state index contributed by atoms with van der Waals surface area (Å²) in [5.41, 5.74) is 1.90.